The van der Waals surface area contributed by atoms with Gasteiger partial charge in [-0.3, -0.25) is 9.59 Å². The monoisotopic (exact) mass is 881 g/mol. The van der Waals surface area contributed by atoms with Crippen LogP contribution in [0.3, 0.4) is 0 Å². The molecule has 4 aromatic rings. The minimum atomic E-state index is 0.0628. The third-order valence-electron chi connectivity index (χ3n) is 15.1. The molecule has 2 aromatic carbocycles. The average molecular weight is 881 g/mol. The number of carbonyl (C=O) groups is 2. The molecule has 2 aromatic heterocycles. The van der Waals surface area contributed by atoms with Crippen LogP contribution in [0.15, 0.2) is 61.2 Å². The molecule has 4 heteroatoms. The maximum atomic E-state index is 13.2. The average Bonchev–Trinajstić information content (AvgIpc) is 3.91. The van der Waals surface area contributed by atoms with Crippen LogP contribution in [0.25, 0.3) is 22.5 Å². The van der Waals surface area contributed by atoms with E-state index in [1.807, 2.05) is 0 Å². The number of aromatic nitrogens is 2. The van der Waals surface area contributed by atoms with Crippen molar-refractivity contribution in [3.8, 4) is 22.5 Å². The van der Waals surface area contributed by atoms with Gasteiger partial charge in [-0.1, -0.05) is 140 Å². The molecule has 0 atom stereocenters. The molecule has 0 amide bonds. The summed E-state index contributed by atoms with van der Waals surface area (Å²) in [6.45, 7) is 37.6. The second-order valence-corrected chi connectivity index (χ2v) is 24.9. The van der Waals surface area contributed by atoms with Crippen LogP contribution in [0.1, 0.15) is 227 Å². The number of ketones is 2. The molecule has 0 saturated heterocycles. The summed E-state index contributed by atoms with van der Waals surface area (Å²) in [4.78, 5) is 26.2. The predicted molar refractivity (Wildman–Crippen MR) is 278 cm³/mol. The van der Waals surface area contributed by atoms with E-state index in [0.29, 0.717) is 24.0 Å². The van der Waals surface area contributed by atoms with Crippen LogP contribution in [0, 0.1) is 31.6 Å². The number of benzene rings is 2. The first-order valence-corrected chi connectivity index (χ1v) is 25.8. The summed E-state index contributed by atoms with van der Waals surface area (Å²) in [7, 11) is 0. The first-order chi connectivity index (χ1) is 30.3. The van der Waals surface area contributed by atoms with E-state index in [-0.39, 0.29) is 27.4 Å². The van der Waals surface area contributed by atoms with E-state index in [9.17, 15) is 9.59 Å². The zero-order valence-corrected chi connectivity index (χ0v) is 43.7. The fourth-order valence-corrected chi connectivity index (χ4v) is 10.3. The number of carbonyl (C=O) groups excluding carboxylic acids is 2. The molecular formula is C61H88N2O2. The van der Waals surface area contributed by atoms with Crippen molar-refractivity contribution in [1.82, 2.24) is 9.13 Å². The van der Waals surface area contributed by atoms with Crippen molar-refractivity contribution in [3.63, 3.8) is 0 Å². The molecule has 3 aliphatic carbocycles. The lowest BCUT2D eigenvalue weighted by Gasteiger charge is -2.27. The van der Waals surface area contributed by atoms with E-state index < -0.39 is 0 Å². The van der Waals surface area contributed by atoms with Crippen molar-refractivity contribution in [2.75, 3.05) is 0 Å². The molecule has 7 rings (SSSR count). The number of Topliss-reactive ketones (excluding diaryl/α,β-unsaturated/α-hetero) is 2. The number of hydrogen-bond acceptors (Lipinski definition) is 2. The van der Waals surface area contributed by atoms with Gasteiger partial charge >= 0.3 is 0 Å². The van der Waals surface area contributed by atoms with Gasteiger partial charge in [0, 0.05) is 59.8 Å². The van der Waals surface area contributed by atoms with E-state index in [1.165, 1.54) is 128 Å². The molecule has 0 spiro atoms. The Kier molecular flexibility index (Phi) is 15.6. The smallest absolute Gasteiger partial charge is 0.168 e. The molecule has 0 unspecified atom stereocenters. The van der Waals surface area contributed by atoms with Crippen LogP contribution in [0.5, 0.6) is 0 Å². The van der Waals surface area contributed by atoms with Gasteiger partial charge in [0.2, 0.25) is 0 Å². The largest absolute Gasteiger partial charge is 0.344 e. The third kappa shape index (κ3) is 12.7. The molecule has 0 radical (unpaired) electrons. The van der Waals surface area contributed by atoms with Crippen LogP contribution in [0.4, 0.5) is 0 Å². The van der Waals surface area contributed by atoms with Gasteiger partial charge in [-0.15, -0.1) is 6.58 Å². The van der Waals surface area contributed by atoms with Gasteiger partial charge in [0.15, 0.2) is 11.6 Å². The van der Waals surface area contributed by atoms with Crippen molar-refractivity contribution in [2.45, 2.75) is 222 Å². The molecule has 0 bridgehead atoms. The van der Waals surface area contributed by atoms with Gasteiger partial charge in [-0.05, 0) is 162 Å². The van der Waals surface area contributed by atoms with Crippen molar-refractivity contribution in [1.29, 1.82) is 0 Å². The normalized spacial score (nSPS) is 16.9. The van der Waals surface area contributed by atoms with E-state index in [0.717, 1.165) is 42.2 Å². The molecule has 4 nitrogen and oxygen atoms in total. The van der Waals surface area contributed by atoms with Crippen molar-refractivity contribution < 1.29 is 9.59 Å². The van der Waals surface area contributed by atoms with Gasteiger partial charge < -0.3 is 9.13 Å². The number of rotatable bonds is 12. The summed E-state index contributed by atoms with van der Waals surface area (Å²) >= 11 is 0. The first kappa shape index (κ1) is 50.5. The summed E-state index contributed by atoms with van der Waals surface area (Å²) < 4.78 is 4.95. The third-order valence-corrected chi connectivity index (χ3v) is 15.1. The highest BCUT2D eigenvalue weighted by Crippen LogP contribution is 2.40. The van der Waals surface area contributed by atoms with Gasteiger partial charge in [-0.2, -0.15) is 0 Å². The summed E-state index contributed by atoms with van der Waals surface area (Å²) in [5.74, 6) is 2.57. The SMILES string of the molecule is C=CCC(=O)c1cc(-c2cc(C(C)(C)C)cc(C(C)(C)C)c2)n(CC2CCCCC2)c1C.Cc1c(C(=O)CC2CC2)cc(-c2cc(C(C)(C)C)cc(C(C)(C)C)c2)n1CC1CCCCC1. The Morgan fingerprint density at radius 1 is 0.492 bits per heavy atom. The lowest BCUT2D eigenvalue weighted by Crippen LogP contribution is -2.18. The van der Waals surface area contributed by atoms with Crippen LogP contribution >= 0.6 is 0 Å². The van der Waals surface area contributed by atoms with E-state index in [4.69, 9.17) is 0 Å². The van der Waals surface area contributed by atoms with Crippen LogP contribution in [-0.4, -0.2) is 20.7 Å². The van der Waals surface area contributed by atoms with Crippen LogP contribution < -0.4 is 0 Å². The Balaban J connectivity index is 0.000000216. The molecule has 2 heterocycles. The minimum Gasteiger partial charge on any atom is -0.344 e. The van der Waals surface area contributed by atoms with Crippen LogP contribution in [0.2, 0.25) is 0 Å². The molecule has 3 fully saturated rings. The highest BCUT2D eigenvalue weighted by Gasteiger charge is 2.30. The minimum absolute atomic E-state index is 0.0628. The molecule has 0 N–H and O–H groups in total. The molecule has 65 heavy (non-hydrogen) atoms. The number of nitrogens with zero attached hydrogens (tertiary/aromatic N) is 2. The fraction of sp³-hybridized carbons (Fsp3) is 0.607. The zero-order valence-electron chi connectivity index (χ0n) is 43.7. The zero-order chi connectivity index (χ0) is 47.6. The standard InChI is InChI=1S/C31H45NO.C30H43NO/c1-21-27(29(33)15-22-13-14-22)19-28(32(21)20-23-11-9-8-10-12-23)24-16-25(30(2,3)4)18-26(17-24)31(5,6)7;1-9-13-28(32)26-19-27(31(21(26)2)20-22-14-11-10-12-15-22)23-16-24(29(3,4)5)18-25(17-23)30(6,7)8/h16-19,22-23H,8-15,20H2,1-7H3;9,16-19,22H,1,10-15,20H2,2-8H3. The van der Waals surface area contributed by atoms with Crippen molar-refractivity contribution in [3.05, 3.63) is 106 Å². The van der Waals surface area contributed by atoms with Gasteiger partial charge in [0.1, 0.15) is 0 Å². The van der Waals surface area contributed by atoms with Crippen molar-refractivity contribution in [2.24, 2.45) is 17.8 Å². The molecule has 3 aliphatic rings. The summed E-state index contributed by atoms with van der Waals surface area (Å²) in [6, 6.07) is 18.6. The molecular weight excluding hydrogens is 793 g/mol. The molecule has 0 aliphatic heterocycles. The Labute approximate surface area is 396 Å². The number of allylic oxidation sites excluding steroid dienone is 1. The number of hydrogen-bond donors (Lipinski definition) is 0. The summed E-state index contributed by atoms with van der Waals surface area (Å²) in [6.07, 6.45) is 18.6. The quantitative estimate of drug-likeness (QED) is 0.105. The second-order valence-electron chi connectivity index (χ2n) is 24.9. The van der Waals surface area contributed by atoms with Gasteiger partial charge in [0.05, 0.1) is 0 Å². The van der Waals surface area contributed by atoms with E-state index in [1.54, 1.807) is 6.08 Å². The maximum Gasteiger partial charge on any atom is 0.168 e. The summed E-state index contributed by atoms with van der Waals surface area (Å²) in [5.41, 5.74) is 14.8. The van der Waals surface area contributed by atoms with Crippen molar-refractivity contribution >= 4 is 11.6 Å². The lowest BCUT2D eigenvalue weighted by molar-refractivity contribution is 0.0972. The highest BCUT2D eigenvalue weighted by molar-refractivity contribution is 6.00. The van der Waals surface area contributed by atoms with E-state index in [2.05, 4.69) is 161 Å². The Hall–Kier alpha value is -3.92. The Morgan fingerprint density at radius 3 is 1.14 bits per heavy atom. The van der Waals surface area contributed by atoms with Gasteiger partial charge in [0.25, 0.3) is 0 Å². The highest BCUT2D eigenvalue weighted by atomic mass is 16.1. The Bertz CT molecular complexity index is 2240. The lowest BCUT2D eigenvalue weighted by atomic mass is 9.79. The van der Waals surface area contributed by atoms with E-state index >= 15 is 0 Å². The topological polar surface area (TPSA) is 44.0 Å². The first-order valence-electron chi connectivity index (χ1n) is 25.8. The second kappa shape index (κ2) is 20.1. The summed E-state index contributed by atoms with van der Waals surface area (Å²) in [5, 5.41) is 0. The van der Waals surface area contributed by atoms with Gasteiger partial charge in [-0.25, -0.2) is 0 Å². The predicted octanol–water partition coefficient (Wildman–Crippen LogP) is 17.0. The van der Waals surface area contributed by atoms with Crippen LogP contribution in [-0.2, 0) is 34.7 Å². The maximum absolute atomic E-state index is 13.2. The molecule has 3 saturated carbocycles. The molecule has 354 valence electrons. The Morgan fingerprint density at radius 2 is 0.831 bits per heavy atom. The fourth-order valence-electron chi connectivity index (χ4n) is 10.3.